The van der Waals surface area contributed by atoms with Crippen LogP contribution in [0.2, 0.25) is 0 Å². The van der Waals surface area contributed by atoms with Gasteiger partial charge in [-0.15, -0.1) is 5.10 Å². The number of rotatable bonds is 10. The Hall–Kier alpha value is -3.78. The summed E-state index contributed by atoms with van der Waals surface area (Å²) in [5.74, 6) is -2.57. The van der Waals surface area contributed by atoms with Crippen LogP contribution in [0.5, 0.6) is 0 Å². The Morgan fingerprint density at radius 2 is 1.97 bits per heavy atom. The molecule has 1 saturated carbocycles. The molecule has 2 aromatic heterocycles. The Bertz CT molecular complexity index is 1210. The highest BCUT2D eigenvalue weighted by molar-refractivity contribution is 6.65. The summed E-state index contributed by atoms with van der Waals surface area (Å²) in [5.41, 5.74) is -1.17. The minimum atomic E-state index is -4.48. The lowest BCUT2D eigenvalue weighted by Gasteiger charge is -2.32. The van der Waals surface area contributed by atoms with E-state index < -0.39 is 48.2 Å². The predicted octanol–water partition coefficient (Wildman–Crippen LogP) is 3.97. The number of nitrogens with zero attached hydrogens (tertiary/aromatic N) is 4. The lowest BCUT2D eigenvalue weighted by atomic mass is 9.79. The van der Waals surface area contributed by atoms with E-state index in [-0.39, 0.29) is 35.0 Å². The number of oxime groups is 1. The molecule has 214 valence electrons. The Morgan fingerprint density at radius 3 is 2.56 bits per heavy atom. The summed E-state index contributed by atoms with van der Waals surface area (Å²) >= 11 is 0. The summed E-state index contributed by atoms with van der Waals surface area (Å²) in [6.07, 6.45) is -0.211. The number of amides is 2. The van der Waals surface area contributed by atoms with Crippen molar-refractivity contribution in [3.05, 3.63) is 29.6 Å². The first-order valence-electron chi connectivity index (χ1n) is 12.6. The second-order valence-electron chi connectivity index (χ2n) is 9.85. The molecule has 0 saturated heterocycles. The monoisotopic (exact) mass is 556 g/mol. The number of anilines is 1. The van der Waals surface area contributed by atoms with E-state index in [0.29, 0.717) is 18.8 Å². The van der Waals surface area contributed by atoms with Crippen LogP contribution in [-0.4, -0.2) is 60.6 Å². The van der Waals surface area contributed by atoms with Crippen molar-refractivity contribution < 1.29 is 32.4 Å². The first-order valence-corrected chi connectivity index (χ1v) is 12.6. The first-order chi connectivity index (χ1) is 18.3. The van der Waals surface area contributed by atoms with Gasteiger partial charge in [-0.25, -0.2) is 0 Å². The van der Waals surface area contributed by atoms with Crippen LogP contribution >= 0.6 is 0 Å². The molecule has 1 fully saturated rings. The fourth-order valence-electron chi connectivity index (χ4n) is 4.77. The molecule has 0 radical (unpaired) electrons. The molecule has 11 nitrogen and oxygen atoms in total. The third kappa shape index (κ3) is 7.41. The van der Waals surface area contributed by atoms with Gasteiger partial charge in [0.15, 0.2) is 0 Å². The molecule has 1 aliphatic rings. The molecule has 2 aromatic rings. The van der Waals surface area contributed by atoms with Crippen LogP contribution in [0.3, 0.4) is 0 Å². The molecule has 0 aromatic carbocycles. The molecule has 3 rings (SSSR count). The fourth-order valence-corrected chi connectivity index (χ4v) is 4.77. The minimum absolute atomic E-state index is 0.172. The number of halogens is 4. The Balaban J connectivity index is 1.84. The molecule has 0 bridgehead atoms. The molecule has 2 atom stereocenters. The highest BCUT2D eigenvalue weighted by Crippen LogP contribution is 2.32. The van der Waals surface area contributed by atoms with E-state index in [0.717, 1.165) is 17.5 Å². The van der Waals surface area contributed by atoms with Crippen molar-refractivity contribution in [3.8, 4) is 0 Å². The number of carbonyl (C=O) groups excluding carboxylic acids is 2. The summed E-state index contributed by atoms with van der Waals surface area (Å²) in [6.45, 7) is 5.02. The second-order valence-corrected chi connectivity index (χ2v) is 9.85. The summed E-state index contributed by atoms with van der Waals surface area (Å²) in [6, 6.07) is -1.91. The molecular formula is C24H32F4N8O3. The smallest absolute Gasteiger partial charge is 0.394 e. The molecule has 1 unspecified atom stereocenters. The van der Waals surface area contributed by atoms with Crippen LogP contribution in [0.4, 0.5) is 23.2 Å². The molecule has 0 aliphatic heterocycles. The minimum Gasteiger partial charge on any atom is -0.411 e. The molecule has 39 heavy (non-hydrogen) atoms. The van der Waals surface area contributed by atoms with Crippen molar-refractivity contribution in [1.82, 2.24) is 25.3 Å². The van der Waals surface area contributed by atoms with Crippen LogP contribution in [0.15, 0.2) is 17.5 Å². The number of nitrogens with one attached hydrogen (secondary N) is 4. The van der Waals surface area contributed by atoms with E-state index in [1.54, 1.807) is 6.92 Å². The highest BCUT2D eigenvalue weighted by atomic mass is 19.4. The van der Waals surface area contributed by atoms with Gasteiger partial charge >= 0.3 is 6.18 Å². The number of H-pyrrole nitrogens is 1. The van der Waals surface area contributed by atoms with Gasteiger partial charge in [0.05, 0.1) is 24.9 Å². The van der Waals surface area contributed by atoms with Gasteiger partial charge in [0, 0.05) is 11.3 Å². The molecule has 5 N–H and O–H groups in total. The van der Waals surface area contributed by atoms with Crippen molar-refractivity contribution in [2.75, 3.05) is 5.32 Å². The second kappa shape index (κ2) is 12.4. The van der Waals surface area contributed by atoms with Crippen molar-refractivity contribution in [2.24, 2.45) is 17.0 Å². The van der Waals surface area contributed by atoms with Crippen molar-refractivity contribution in [2.45, 2.75) is 77.6 Å². The van der Waals surface area contributed by atoms with Gasteiger partial charge in [0.25, 0.3) is 11.9 Å². The third-order valence-electron chi connectivity index (χ3n) is 6.98. The maximum atomic E-state index is 14.9. The van der Waals surface area contributed by atoms with Crippen LogP contribution in [0, 0.1) is 23.2 Å². The number of hydrogen-bond acceptors (Lipinski definition) is 7. The summed E-state index contributed by atoms with van der Waals surface area (Å²) < 4.78 is 55.0. The standard InChI is InChI=1S/C24H32F4N8O3/c1-4-18(15-10-30-33-16(15)9-24(26,27)28)36-11-17(21(25)34-36)31-23(38)20(14-7-5-12(2)6-8-14)32-22(37)19(29)13(3)35-39/h10-12,14,18,20,29,39H,4-9H2,1-3H3,(H,30,33)(H,31,38)(H,32,37)/b29-19?,35-13-/t12?,14?,18?,20-/m0/s1. The normalized spacial score (nSPS) is 19.8. The van der Waals surface area contributed by atoms with Gasteiger partial charge in [0.2, 0.25) is 5.91 Å². The van der Waals surface area contributed by atoms with Gasteiger partial charge in [-0.2, -0.15) is 22.7 Å². The number of aromatic nitrogens is 4. The Morgan fingerprint density at radius 1 is 1.31 bits per heavy atom. The first kappa shape index (κ1) is 29.8. The number of alkyl halides is 3. The van der Waals surface area contributed by atoms with E-state index in [9.17, 15) is 27.2 Å². The topological polar surface area (TPSA) is 161 Å². The van der Waals surface area contributed by atoms with Crippen molar-refractivity contribution in [3.63, 3.8) is 0 Å². The fraction of sp³-hybridized carbons (Fsp3) is 0.583. The zero-order valence-electron chi connectivity index (χ0n) is 21.8. The van der Waals surface area contributed by atoms with Crippen LogP contribution in [-0.2, 0) is 16.0 Å². The summed E-state index contributed by atoms with van der Waals surface area (Å²) in [4.78, 5) is 25.9. The highest BCUT2D eigenvalue weighted by Gasteiger charge is 2.35. The average molecular weight is 557 g/mol. The van der Waals surface area contributed by atoms with E-state index in [1.165, 1.54) is 19.3 Å². The van der Waals surface area contributed by atoms with Gasteiger partial charge < -0.3 is 15.8 Å². The van der Waals surface area contributed by atoms with Crippen molar-refractivity contribution in [1.29, 1.82) is 5.41 Å². The SMILES string of the molecule is CCC(c1cn[nH]c1CC(F)(F)F)n1cc(NC(=O)[C@@H](NC(=O)C(=N)/C(C)=N\O)C2CCC(C)CC2)c(F)n1. The predicted molar refractivity (Wildman–Crippen MR) is 133 cm³/mol. The molecule has 2 amide bonds. The zero-order chi connectivity index (χ0) is 28.9. The Kier molecular flexibility index (Phi) is 9.45. The number of aromatic amines is 1. The lowest BCUT2D eigenvalue weighted by Crippen LogP contribution is -2.51. The molecule has 1 aliphatic carbocycles. The summed E-state index contributed by atoms with van der Waals surface area (Å²) in [5, 5.41) is 34.4. The average Bonchev–Trinajstić information content (AvgIpc) is 3.47. The summed E-state index contributed by atoms with van der Waals surface area (Å²) in [7, 11) is 0. The molecule has 15 heteroatoms. The maximum Gasteiger partial charge on any atom is 0.394 e. The maximum absolute atomic E-state index is 14.9. The molecule has 2 heterocycles. The van der Waals surface area contributed by atoms with Gasteiger partial charge in [0.1, 0.15) is 23.2 Å². The third-order valence-corrected chi connectivity index (χ3v) is 6.98. The number of hydrogen-bond donors (Lipinski definition) is 5. The van der Waals surface area contributed by atoms with E-state index in [2.05, 4.69) is 38.0 Å². The van der Waals surface area contributed by atoms with Crippen LogP contribution in [0.1, 0.15) is 70.2 Å². The van der Waals surface area contributed by atoms with Crippen LogP contribution in [0.25, 0.3) is 0 Å². The quantitative estimate of drug-likeness (QED) is 0.129. The number of carbonyl (C=O) groups is 2. The van der Waals surface area contributed by atoms with Gasteiger partial charge in [-0.05, 0) is 38.0 Å². The Labute approximate surface area is 221 Å². The lowest BCUT2D eigenvalue weighted by molar-refractivity contribution is -0.128. The van der Waals surface area contributed by atoms with Gasteiger partial charge in [-0.1, -0.05) is 31.8 Å². The van der Waals surface area contributed by atoms with Crippen LogP contribution < -0.4 is 10.6 Å². The zero-order valence-corrected chi connectivity index (χ0v) is 21.8. The van der Waals surface area contributed by atoms with E-state index >= 15 is 0 Å². The molecular weight excluding hydrogens is 524 g/mol. The van der Waals surface area contributed by atoms with Crippen molar-refractivity contribution >= 4 is 28.9 Å². The van der Waals surface area contributed by atoms with E-state index in [4.69, 9.17) is 10.6 Å². The largest absolute Gasteiger partial charge is 0.411 e. The van der Waals surface area contributed by atoms with E-state index in [1.807, 2.05) is 0 Å². The van der Waals surface area contributed by atoms with Gasteiger partial charge in [-0.3, -0.25) is 24.8 Å². The molecule has 0 spiro atoms.